The minimum Gasteiger partial charge on any atom is -0.668 e. The molecule has 0 aromatic heterocycles. The topological polar surface area (TPSA) is 368 Å². The van der Waals surface area contributed by atoms with E-state index in [0.29, 0.717) is 0 Å². The molecule has 0 aliphatic carbocycles. The largest absolute Gasteiger partial charge is 0.668 e. The fourth-order valence-electron chi connectivity index (χ4n) is 7.34. The molecule has 59 heavy (non-hydrogen) atoms. The van der Waals surface area contributed by atoms with Gasteiger partial charge in [0.05, 0.1) is 44.7 Å². The summed E-state index contributed by atoms with van der Waals surface area (Å²) >= 11 is 0. The van der Waals surface area contributed by atoms with Gasteiger partial charge in [0.25, 0.3) is 0 Å². The second-order valence-corrected chi connectivity index (χ2v) is 14.8. The molecule has 13 N–H and O–H groups in total. The van der Waals surface area contributed by atoms with Crippen LogP contribution < -0.4 is 0 Å². The predicted octanol–water partition coefficient (Wildman–Crippen LogP) is -6.95. The molecule has 1 radical (unpaired) electrons. The molecule has 25 heteroatoms. The van der Waals surface area contributed by atoms with Crippen LogP contribution in [-0.4, -0.2) is 248 Å². The van der Waals surface area contributed by atoms with Crippen molar-refractivity contribution in [1.82, 2.24) is 0 Å². The molecular formula is C34H58AcNO23-. The Hall–Kier alpha value is 0.222. The van der Waals surface area contributed by atoms with Crippen LogP contribution in [0.3, 0.4) is 0 Å². The van der Waals surface area contributed by atoms with Crippen LogP contribution in [0.1, 0.15) is 13.8 Å². The van der Waals surface area contributed by atoms with E-state index in [4.69, 9.17) is 52.1 Å². The predicted molar refractivity (Wildman–Crippen MR) is 185 cm³/mol. The molecular weight excluding hydrogens is 1020 g/mol. The number of aliphatic hydroxyl groups excluding tert-OH is 12. The zero-order chi connectivity index (χ0) is 42.7. The molecule has 5 aliphatic heterocycles. The zero-order valence-electron chi connectivity index (χ0n) is 32.5. The quantitative estimate of drug-likeness (QED) is 0.0678. The van der Waals surface area contributed by atoms with E-state index in [1.807, 2.05) is 0 Å². The molecule has 5 heterocycles. The van der Waals surface area contributed by atoms with Crippen LogP contribution in [0.4, 0.5) is 0 Å². The van der Waals surface area contributed by atoms with Crippen LogP contribution in [0.15, 0.2) is 12.7 Å². The number of ether oxygens (including phenoxy) is 11. The van der Waals surface area contributed by atoms with Crippen LogP contribution in [0.2, 0.25) is 0 Å². The SMILES string of the molecule is C=CCO[C@@H]1OC(CO)[C@H](O)[C@H](O[C@@H]2OC(COC)[C@H](O[C@@H]3OC(CO)[C@H](O)[C@H](O)C3O[C@@H]3OC(C)[C@H](O)[C@@H](O)C3O)[C@H](O[C@H]3OC(C)[C@@H](O)C(O)[C@@H]3O)C2[NH-])C1O.[Ac]. The molecule has 5 saturated heterocycles. The Kier molecular flexibility index (Phi) is 20.1. The summed E-state index contributed by atoms with van der Waals surface area (Å²) in [7, 11) is 1.26. The van der Waals surface area contributed by atoms with Crippen molar-refractivity contribution in [2.45, 2.75) is 167 Å². The first-order valence-electron chi connectivity index (χ1n) is 18.8. The summed E-state index contributed by atoms with van der Waals surface area (Å²) in [6, 6.07) is -1.82. The van der Waals surface area contributed by atoms with Crippen LogP contribution in [0.25, 0.3) is 5.73 Å². The third-order valence-electron chi connectivity index (χ3n) is 10.8. The maximum atomic E-state index is 11.3. The number of rotatable bonds is 15. The van der Waals surface area contributed by atoms with E-state index in [1.165, 1.54) is 27.0 Å². The average Bonchev–Trinajstić information content (AvgIpc) is 3.20. The number of hydrogen-bond acceptors (Lipinski definition) is 23. The van der Waals surface area contributed by atoms with Crippen molar-refractivity contribution in [3.05, 3.63) is 18.4 Å². The second-order valence-electron chi connectivity index (χ2n) is 14.8. The van der Waals surface area contributed by atoms with E-state index in [0.717, 1.165) is 0 Å². The van der Waals surface area contributed by atoms with Gasteiger partial charge in [0.2, 0.25) is 0 Å². The summed E-state index contributed by atoms with van der Waals surface area (Å²) in [5.41, 5.74) is 9.34. The van der Waals surface area contributed by atoms with Gasteiger partial charge in [-0.15, -0.1) is 6.58 Å². The number of methoxy groups -OCH3 is 1. The van der Waals surface area contributed by atoms with Gasteiger partial charge in [-0.2, -0.15) is 0 Å². The minimum absolute atomic E-state index is 0. The summed E-state index contributed by atoms with van der Waals surface area (Å²) in [4.78, 5) is 0. The Morgan fingerprint density at radius 3 is 1.51 bits per heavy atom. The molecule has 0 spiro atoms. The van der Waals surface area contributed by atoms with Crippen LogP contribution in [0, 0.1) is 44.1 Å². The van der Waals surface area contributed by atoms with Crippen LogP contribution in [-0.2, 0) is 52.1 Å². The van der Waals surface area contributed by atoms with Crippen molar-refractivity contribution >= 4 is 0 Å². The van der Waals surface area contributed by atoms with Gasteiger partial charge in [0, 0.05) is 51.2 Å². The minimum atomic E-state index is -1.95. The van der Waals surface area contributed by atoms with Gasteiger partial charge in [-0.3, -0.25) is 0 Å². The van der Waals surface area contributed by atoms with Crippen LogP contribution >= 0.6 is 0 Å². The molecule has 341 valence electrons. The molecule has 24 nitrogen and oxygen atoms in total. The normalized spacial score (nSPS) is 50.8. The Morgan fingerprint density at radius 1 is 0.508 bits per heavy atom. The monoisotopic (exact) mass is 1080 g/mol. The summed E-state index contributed by atoms with van der Waals surface area (Å²) < 4.78 is 63.7. The second kappa shape index (κ2) is 22.9. The first kappa shape index (κ1) is 51.9. The maximum absolute atomic E-state index is 11.3. The Bertz CT molecular complexity index is 1280. The average molecular weight is 1080 g/mol. The van der Waals surface area contributed by atoms with Crippen molar-refractivity contribution in [3.63, 3.8) is 0 Å². The molecule has 0 aromatic carbocycles. The Morgan fingerprint density at radius 2 is 0.983 bits per heavy atom. The first-order chi connectivity index (χ1) is 27.5. The molecule has 5 fully saturated rings. The van der Waals surface area contributed by atoms with E-state index in [9.17, 15) is 67.0 Å². The summed E-state index contributed by atoms with van der Waals surface area (Å²) in [5.74, 6) is 0. The van der Waals surface area contributed by atoms with E-state index in [1.54, 1.807) is 0 Å². The molecule has 0 saturated carbocycles. The number of hydrogen-bond donors (Lipinski definition) is 12. The molecule has 0 aromatic rings. The van der Waals surface area contributed by atoms with Gasteiger partial charge in [0.15, 0.2) is 25.2 Å². The number of nitrogens with one attached hydrogen (secondary N) is 1. The van der Waals surface area contributed by atoms with Crippen molar-refractivity contribution < 1.29 is 157 Å². The third kappa shape index (κ3) is 11.4. The van der Waals surface area contributed by atoms with E-state index in [2.05, 4.69) is 6.58 Å². The van der Waals surface area contributed by atoms with E-state index >= 15 is 0 Å². The summed E-state index contributed by atoms with van der Waals surface area (Å²) in [5, 5.41) is 127. The van der Waals surface area contributed by atoms with E-state index < -0.39 is 173 Å². The Labute approximate surface area is 374 Å². The van der Waals surface area contributed by atoms with Crippen molar-refractivity contribution in [2.24, 2.45) is 0 Å². The first-order valence-corrected chi connectivity index (χ1v) is 18.8. The molecule has 10 unspecified atom stereocenters. The Balaban J connectivity index is 0.00000769. The van der Waals surface area contributed by atoms with Gasteiger partial charge in [-0.25, -0.2) is 0 Å². The van der Waals surface area contributed by atoms with E-state index in [-0.39, 0.29) is 50.7 Å². The fraction of sp³-hybridized carbons (Fsp3) is 0.941. The van der Waals surface area contributed by atoms with Gasteiger partial charge < -0.3 is 119 Å². The zero-order valence-corrected chi connectivity index (χ0v) is 37.2. The smallest absolute Gasteiger partial charge is 0.187 e. The fourth-order valence-corrected chi connectivity index (χ4v) is 7.34. The molecule has 25 atom stereocenters. The standard InChI is InChI=1S/C34H58NO23.Ac/c1-5-6-49-31-25(47)28(19(41)13(8-37)52-31)57-30-15(35)27(56-32-23(45)20(42)16(38)10(2)50-32)26(14(54-30)9-48-4)55-34-29(22(44)18(40)12(7-36)53-34)58-33-24(46)21(43)17(39)11(3)51-33;/h5,10-47H,1,6-9H2,2-4H3;/q-1;/t10?,11?,12?,13?,14?,15?,16-,17+,18+,19+,20?,21-,22+,23+,24?,25?,26+,27-,28+,29?,30+,31-,32-,33+,34+;/m1./s1. The molecule has 5 rings (SSSR count). The van der Waals surface area contributed by atoms with Gasteiger partial charge in [0.1, 0.15) is 104 Å². The molecule has 0 bridgehead atoms. The summed E-state index contributed by atoms with van der Waals surface area (Å²) in [6.45, 7) is 4.17. The summed E-state index contributed by atoms with van der Waals surface area (Å²) in [6.07, 6.45) is -38.3. The van der Waals surface area contributed by atoms with Gasteiger partial charge in [-0.1, -0.05) is 12.1 Å². The number of aliphatic hydroxyl groups is 12. The molecule has 0 amide bonds. The maximum Gasteiger partial charge on any atom is 0.187 e. The van der Waals surface area contributed by atoms with Crippen LogP contribution in [0.5, 0.6) is 0 Å². The third-order valence-corrected chi connectivity index (χ3v) is 10.8. The molecule has 5 aliphatic rings. The van der Waals surface area contributed by atoms with Crippen molar-refractivity contribution in [1.29, 1.82) is 0 Å². The van der Waals surface area contributed by atoms with Crippen molar-refractivity contribution in [2.75, 3.05) is 33.5 Å². The van der Waals surface area contributed by atoms with Crippen molar-refractivity contribution in [3.8, 4) is 0 Å². The van der Waals surface area contributed by atoms with Gasteiger partial charge >= 0.3 is 0 Å². The van der Waals surface area contributed by atoms with Gasteiger partial charge in [-0.05, 0) is 13.8 Å².